The Morgan fingerprint density at radius 3 is 3.07 bits per heavy atom. The zero-order chi connectivity index (χ0) is 9.80. The van der Waals surface area contributed by atoms with Crippen molar-refractivity contribution in [2.24, 2.45) is 0 Å². The van der Waals surface area contributed by atoms with Gasteiger partial charge in [-0.3, -0.25) is 0 Å². The number of hydrogen-bond donors (Lipinski definition) is 1. The maximum Gasteiger partial charge on any atom is 0.00201 e. The molecule has 0 saturated carbocycles. The van der Waals surface area contributed by atoms with Crippen LogP contribution in [0.3, 0.4) is 0 Å². The lowest BCUT2D eigenvalue weighted by Gasteiger charge is -2.23. The van der Waals surface area contributed by atoms with Crippen molar-refractivity contribution < 1.29 is 0 Å². The minimum Gasteiger partial charge on any atom is -0.316 e. The third-order valence-corrected chi connectivity index (χ3v) is 2.91. The SMILES string of the molecule is C=Cc1cccc([C@@H]2CCCNC2)c1. The van der Waals surface area contributed by atoms with Crippen molar-refractivity contribution in [1.82, 2.24) is 5.32 Å². The Morgan fingerprint density at radius 2 is 2.36 bits per heavy atom. The van der Waals surface area contributed by atoms with E-state index >= 15 is 0 Å². The van der Waals surface area contributed by atoms with Gasteiger partial charge in [0.05, 0.1) is 0 Å². The summed E-state index contributed by atoms with van der Waals surface area (Å²) in [6.07, 6.45) is 4.52. The molecule has 1 aromatic rings. The molecule has 1 aromatic carbocycles. The van der Waals surface area contributed by atoms with Crippen LogP contribution in [0.5, 0.6) is 0 Å². The molecule has 1 heteroatoms. The third kappa shape index (κ3) is 2.05. The fourth-order valence-electron chi connectivity index (χ4n) is 2.08. The first-order valence-electron chi connectivity index (χ1n) is 5.33. The lowest BCUT2D eigenvalue weighted by Crippen LogP contribution is -2.28. The van der Waals surface area contributed by atoms with Crippen LogP contribution in [0.25, 0.3) is 6.08 Å². The minimum absolute atomic E-state index is 0.698. The van der Waals surface area contributed by atoms with E-state index < -0.39 is 0 Å². The molecular weight excluding hydrogens is 170 g/mol. The van der Waals surface area contributed by atoms with E-state index in [-0.39, 0.29) is 0 Å². The second kappa shape index (κ2) is 4.43. The Morgan fingerprint density at radius 1 is 1.43 bits per heavy atom. The van der Waals surface area contributed by atoms with Crippen LogP contribution in [-0.4, -0.2) is 13.1 Å². The summed E-state index contributed by atoms with van der Waals surface area (Å²) in [5.74, 6) is 0.698. The summed E-state index contributed by atoms with van der Waals surface area (Å²) in [5, 5.41) is 3.44. The molecule has 1 N–H and O–H groups in total. The number of hydrogen-bond acceptors (Lipinski definition) is 1. The molecule has 0 amide bonds. The molecule has 74 valence electrons. The van der Waals surface area contributed by atoms with E-state index in [1.54, 1.807) is 0 Å². The molecule has 0 bridgehead atoms. The highest BCUT2D eigenvalue weighted by Crippen LogP contribution is 2.23. The topological polar surface area (TPSA) is 12.0 Å². The van der Waals surface area contributed by atoms with E-state index in [9.17, 15) is 0 Å². The van der Waals surface area contributed by atoms with Crippen molar-refractivity contribution >= 4 is 6.08 Å². The molecule has 1 aliphatic rings. The smallest absolute Gasteiger partial charge is 0.00201 e. The summed E-state index contributed by atoms with van der Waals surface area (Å²) in [5.41, 5.74) is 2.68. The predicted molar refractivity (Wildman–Crippen MR) is 61.4 cm³/mol. The first-order valence-corrected chi connectivity index (χ1v) is 5.33. The van der Waals surface area contributed by atoms with Crippen molar-refractivity contribution in [1.29, 1.82) is 0 Å². The van der Waals surface area contributed by atoms with Gasteiger partial charge in [0.2, 0.25) is 0 Å². The van der Waals surface area contributed by atoms with Crippen LogP contribution < -0.4 is 5.32 Å². The van der Waals surface area contributed by atoms with Gasteiger partial charge in [0.1, 0.15) is 0 Å². The van der Waals surface area contributed by atoms with E-state index in [2.05, 4.69) is 36.2 Å². The summed E-state index contributed by atoms with van der Waals surface area (Å²) in [6.45, 7) is 6.11. The van der Waals surface area contributed by atoms with Gasteiger partial charge in [-0.25, -0.2) is 0 Å². The lowest BCUT2D eigenvalue weighted by atomic mass is 9.91. The fourth-order valence-corrected chi connectivity index (χ4v) is 2.08. The van der Waals surface area contributed by atoms with Crippen molar-refractivity contribution in [2.45, 2.75) is 18.8 Å². The standard InChI is InChI=1S/C13H17N/c1-2-11-5-3-6-12(9-11)13-7-4-8-14-10-13/h2-3,5-6,9,13-14H,1,4,7-8,10H2/t13-/m1/s1. The van der Waals surface area contributed by atoms with Crippen LogP contribution in [0, 0.1) is 0 Å². The number of benzene rings is 1. The van der Waals surface area contributed by atoms with Gasteiger partial charge in [0.15, 0.2) is 0 Å². The second-order valence-electron chi connectivity index (χ2n) is 3.92. The molecule has 1 aliphatic heterocycles. The van der Waals surface area contributed by atoms with E-state index in [1.165, 1.54) is 30.5 Å². The maximum atomic E-state index is 3.80. The van der Waals surface area contributed by atoms with E-state index in [4.69, 9.17) is 0 Å². The first kappa shape index (κ1) is 9.47. The quantitative estimate of drug-likeness (QED) is 0.750. The van der Waals surface area contributed by atoms with Gasteiger partial charge in [-0.15, -0.1) is 0 Å². The first-order chi connectivity index (χ1) is 6.90. The Kier molecular flexibility index (Phi) is 3.00. The second-order valence-corrected chi connectivity index (χ2v) is 3.92. The average molecular weight is 187 g/mol. The molecule has 1 saturated heterocycles. The monoisotopic (exact) mass is 187 g/mol. The molecule has 1 heterocycles. The van der Waals surface area contributed by atoms with Gasteiger partial charge in [0.25, 0.3) is 0 Å². The van der Waals surface area contributed by atoms with Crippen molar-refractivity contribution in [2.75, 3.05) is 13.1 Å². The predicted octanol–water partition coefficient (Wildman–Crippen LogP) is 2.80. The summed E-state index contributed by atoms with van der Waals surface area (Å²) < 4.78 is 0. The van der Waals surface area contributed by atoms with Gasteiger partial charge in [0, 0.05) is 6.54 Å². The molecular formula is C13H17N. The number of nitrogens with one attached hydrogen (secondary N) is 1. The van der Waals surface area contributed by atoms with E-state index in [1.807, 2.05) is 6.08 Å². The Bertz CT molecular complexity index is 311. The molecule has 2 rings (SSSR count). The van der Waals surface area contributed by atoms with Crippen molar-refractivity contribution in [3.63, 3.8) is 0 Å². The Labute approximate surface area is 85.8 Å². The molecule has 1 nitrogen and oxygen atoms in total. The third-order valence-electron chi connectivity index (χ3n) is 2.91. The molecule has 1 atom stereocenters. The van der Waals surface area contributed by atoms with E-state index in [0.29, 0.717) is 5.92 Å². The maximum absolute atomic E-state index is 3.80. The summed E-state index contributed by atoms with van der Waals surface area (Å²) in [6, 6.07) is 8.71. The van der Waals surface area contributed by atoms with Crippen LogP contribution in [0.15, 0.2) is 30.8 Å². The lowest BCUT2D eigenvalue weighted by molar-refractivity contribution is 0.461. The molecule has 0 radical (unpaired) electrons. The highest BCUT2D eigenvalue weighted by Gasteiger charge is 2.14. The van der Waals surface area contributed by atoms with Crippen molar-refractivity contribution in [3.8, 4) is 0 Å². The van der Waals surface area contributed by atoms with Crippen LogP contribution in [0.2, 0.25) is 0 Å². The number of rotatable bonds is 2. The molecule has 14 heavy (non-hydrogen) atoms. The Balaban J connectivity index is 2.17. The fraction of sp³-hybridized carbons (Fsp3) is 0.385. The minimum atomic E-state index is 0.698. The van der Waals surface area contributed by atoms with E-state index in [0.717, 1.165) is 6.54 Å². The molecule has 0 unspecified atom stereocenters. The highest BCUT2D eigenvalue weighted by atomic mass is 14.9. The molecule has 0 spiro atoms. The summed E-state index contributed by atoms with van der Waals surface area (Å²) >= 11 is 0. The molecule has 0 aromatic heterocycles. The largest absolute Gasteiger partial charge is 0.316 e. The average Bonchev–Trinajstić information content (AvgIpc) is 2.30. The number of piperidine rings is 1. The summed E-state index contributed by atoms with van der Waals surface area (Å²) in [4.78, 5) is 0. The Hall–Kier alpha value is -1.08. The van der Waals surface area contributed by atoms with Gasteiger partial charge < -0.3 is 5.32 Å². The zero-order valence-corrected chi connectivity index (χ0v) is 8.50. The van der Waals surface area contributed by atoms with Crippen LogP contribution >= 0.6 is 0 Å². The van der Waals surface area contributed by atoms with Crippen LogP contribution in [0.4, 0.5) is 0 Å². The van der Waals surface area contributed by atoms with Gasteiger partial charge in [-0.2, -0.15) is 0 Å². The van der Waals surface area contributed by atoms with Gasteiger partial charge in [-0.1, -0.05) is 36.9 Å². The van der Waals surface area contributed by atoms with Gasteiger partial charge in [-0.05, 0) is 36.4 Å². The molecule has 1 fully saturated rings. The highest BCUT2D eigenvalue weighted by molar-refractivity contribution is 5.48. The van der Waals surface area contributed by atoms with Gasteiger partial charge >= 0.3 is 0 Å². The van der Waals surface area contributed by atoms with Crippen molar-refractivity contribution in [3.05, 3.63) is 42.0 Å². The van der Waals surface area contributed by atoms with Crippen LogP contribution in [-0.2, 0) is 0 Å². The van der Waals surface area contributed by atoms with Crippen LogP contribution in [0.1, 0.15) is 29.9 Å². The summed E-state index contributed by atoms with van der Waals surface area (Å²) in [7, 11) is 0. The normalized spacial score (nSPS) is 21.9. The molecule has 0 aliphatic carbocycles. The zero-order valence-electron chi connectivity index (χ0n) is 8.50.